The molecule has 0 aliphatic carbocycles. The van der Waals surface area contributed by atoms with Crippen LogP contribution < -0.4 is 12.4 Å². The number of quaternary nitrogens is 1. The number of rotatable bonds is 29. The van der Waals surface area contributed by atoms with Crippen molar-refractivity contribution in [3.63, 3.8) is 0 Å². The molecule has 8 heteroatoms. The van der Waals surface area contributed by atoms with Gasteiger partial charge in [0.25, 0.3) is 0 Å². The summed E-state index contributed by atoms with van der Waals surface area (Å²) in [5.41, 5.74) is 3.05. The molecule has 0 radical (unpaired) electrons. The third-order valence-corrected chi connectivity index (χ3v) is 18.4. The van der Waals surface area contributed by atoms with E-state index in [1.807, 2.05) is 0 Å². The zero-order valence-corrected chi connectivity index (χ0v) is 38.0. The van der Waals surface area contributed by atoms with E-state index in [9.17, 15) is 0 Å². The largest absolute Gasteiger partial charge is 1.00 e. The fraction of sp³-hybridized carbons (Fsp3) is 0.850. The molecule has 48 heavy (non-hydrogen) atoms. The van der Waals surface area contributed by atoms with Gasteiger partial charge in [-0.25, -0.2) is 0 Å². The summed E-state index contributed by atoms with van der Waals surface area (Å²) in [7, 11) is -0.772. The molecular weight excluding hydrogens is 662 g/mol. The lowest BCUT2D eigenvalue weighted by Crippen LogP contribution is -3.00. The molecule has 0 unspecified atom stereocenters. The van der Waals surface area contributed by atoms with Crippen molar-refractivity contribution in [3.05, 3.63) is 35.4 Å². The lowest BCUT2D eigenvalue weighted by molar-refractivity contribution is -0.909. The van der Waals surface area contributed by atoms with Crippen molar-refractivity contribution in [3.8, 4) is 0 Å². The van der Waals surface area contributed by atoms with Crippen molar-refractivity contribution >= 4 is 25.2 Å². The summed E-state index contributed by atoms with van der Waals surface area (Å²) in [6, 6.07) is 10.5. The van der Waals surface area contributed by atoms with Crippen LogP contribution >= 0.6 is 0 Å². The molecule has 0 fully saturated rings. The maximum Gasteiger partial charge on any atom is 0.314 e. The molecule has 284 valence electrons. The van der Waals surface area contributed by atoms with E-state index >= 15 is 0 Å². The van der Waals surface area contributed by atoms with Crippen LogP contribution in [-0.2, 0) is 25.9 Å². The van der Waals surface area contributed by atoms with E-state index in [-0.39, 0.29) is 17.8 Å². The standard InChI is InChI=1S/C40H82NO3Si3.ClH/c1-13-14-15-16-17-18-19-20-21-22-23-24-25-26-28-38-29-31-39(32-30-38)35-41(4,5)36-40(2,3)37-42-33-27-34-47(12,43-45(6,7)8)44-46(9,10)11;/h29-32H,13-28,33-37H2,1-12H3;1H/q+1;/p-1. The third kappa shape index (κ3) is 26.8. The Morgan fingerprint density at radius 1 is 0.604 bits per heavy atom. The molecule has 1 aromatic rings. The Kier molecular flexibility index (Phi) is 24.3. The quantitative estimate of drug-likeness (QED) is 0.0465. The molecule has 4 nitrogen and oxygen atoms in total. The van der Waals surface area contributed by atoms with Crippen LogP contribution in [-0.4, -0.2) is 63.5 Å². The van der Waals surface area contributed by atoms with E-state index < -0.39 is 25.2 Å². The Hall–Kier alpha value is 0.000649. The molecule has 0 saturated carbocycles. The maximum absolute atomic E-state index is 6.67. The van der Waals surface area contributed by atoms with Crippen LogP contribution in [0.15, 0.2) is 24.3 Å². The number of benzene rings is 1. The van der Waals surface area contributed by atoms with Gasteiger partial charge >= 0.3 is 8.56 Å². The highest BCUT2D eigenvalue weighted by atomic mass is 35.5. The van der Waals surface area contributed by atoms with E-state index in [4.69, 9.17) is 13.0 Å². The van der Waals surface area contributed by atoms with E-state index in [2.05, 4.69) is 105 Å². The highest BCUT2D eigenvalue weighted by Crippen LogP contribution is 2.27. The second-order valence-electron chi connectivity index (χ2n) is 18.3. The predicted molar refractivity (Wildman–Crippen MR) is 216 cm³/mol. The highest BCUT2D eigenvalue weighted by Gasteiger charge is 2.40. The fourth-order valence-electron chi connectivity index (χ4n) is 7.35. The summed E-state index contributed by atoms with van der Waals surface area (Å²) >= 11 is 0. The Morgan fingerprint density at radius 2 is 1.02 bits per heavy atom. The van der Waals surface area contributed by atoms with Gasteiger partial charge in [0, 0.05) is 17.6 Å². The minimum absolute atomic E-state index is 0. The van der Waals surface area contributed by atoms with Gasteiger partial charge in [0.1, 0.15) is 6.54 Å². The zero-order valence-electron chi connectivity index (χ0n) is 34.2. The molecular formula is C40H82ClNO3Si3. The second kappa shape index (κ2) is 24.3. The van der Waals surface area contributed by atoms with Crippen LogP contribution in [0.5, 0.6) is 0 Å². The molecule has 0 aliphatic rings. The van der Waals surface area contributed by atoms with Gasteiger partial charge in [-0.05, 0) is 76.7 Å². The van der Waals surface area contributed by atoms with Gasteiger partial charge in [-0.1, -0.05) is 129 Å². The molecule has 0 aliphatic heterocycles. The van der Waals surface area contributed by atoms with Crippen LogP contribution in [0.2, 0.25) is 51.9 Å². The van der Waals surface area contributed by atoms with Crippen molar-refractivity contribution in [2.24, 2.45) is 5.41 Å². The fourth-order valence-corrected chi connectivity index (χ4v) is 19.9. The molecule has 1 rings (SSSR count). The lowest BCUT2D eigenvalue weighted by Gasteiger charge is -2.39. The molecule has 0 heterocycles. The summed E-state index contributed by atoms with van der Waals surface area (Å²) < 4.78 is 20.6. The van der Waals surface area contributed by atoms with Gasteiger partial charge in [0.05, 0.1) is 27.2 Å². The van der Waals surface area contributed by atoms with Crippen LogP contribution in [0, 0.1) is 5.41 Å². The highest BCUT2D eigenvalue weighted by molar-refractivity contribution is 6.87. The summed E-state index contributed by atoms with van der Waals surface area (Å²) in [6.07, 6.45) is 22.1. The topological polar surface area (TPSA) is 27.7 Å². The average Bonchev–Trinajstić information content (AvgIpc) is 2.91. The van der Waals surface area contributed by atoms with E-state index in [0.717, 1.165) is 43.3 Å². The van der Waals surface area contributed by atoms with Crippen LogP contribution in [0.25, 0.3) is 0 Å². The van der Waals surface area contributed by atoms with Crippen molar-refractivity contribution < 1.29 is 29.9 Å². The molecule has 0 N–H and O–H groups in total. The second-order valence-corrected chi connectivity index (χ2v) is 31.1. The van der Waals surface area contributed by atoms with Crippen molar-refractivity contribution in [1.29, 1.82) is 0 Å². The van der Waals surface area contributed by atoms with Gasteiger partial charge in [-0.15, -0.1) is 0 Å². The molecule has 0 spiro atoms. The molecule has 0 saturated heterocycles. The first-order valence-electron chi connectivity index (χ1n) is 19.7. The average molecular weight is 745 g/mol. The van der Waals surface area contributed by atoms with Crippen LogP contribution in [0.1, 0.15) is 128 Å². The van der Waals surface area contributed by atoms with Gasteiger partial charge in [-0.3, -0.25) is 0 Å². The number of halogens is 1. The third-order valence-electron chi connectivity index (χ3n) is 8.77. The zero-order chi connectivity index (χ0) is 35.5. The predicted octanol–water partition coefficient (Wildman–Crippen LogP) is 9.50. The smallest absolute Gasteiger partial charge is 0.314 e. The molecule has 0 amide bonds. The minimum atomic E-state index is -2.19. The summed E-state index contributed by atoms with van der Waals surface area (Å²) in [5, 5.41) is 0. The molecule has 0 aromatic heterocycles. The first kappa shape index (κ1) is 48.0. The number of aryl methyl sites for hydroxylation is 1. The van der Waals surface area contributed by atoms with Crippen LogP contribution in [0.4, 0.5) is 0 Å². The Balaban J connectivity index is 0.0000221. The molecule has 0 atom stereocenters. The van der Waals surface area contributed by atoms with Crippen LogP contribution in [0.3, 0.4) is 0 Å². The number of unbranched alkanes of at least 4 members (excludes halogenated alkanes) is 13. The molecule has 1 aromatic carbocycles. The normalized spacial score (nSPS) is 13.2. The van der Waals surface area contributed by atoms with E-state index in [1.54, 1.807) is 0 Å². The van der Waals surface area contributed by atoms with E-state index in [1.165, 1.54) is 107 Å². The van der Waals surface area contributed by atoms with Gasteiger partial charge in [0.2, 0.25) is 0 Å². The SMILES string of the molecule is CCCCCCCCCCCCCCCCc1ccc(C[N+](C)(C)CC(C)(C)COCCC[Si](C)(O[Si](C)(C)C)O[Si](C)(C)C)cc1.[Cl-]. The summed E-state index contributed by atoms with van der Waals surface area (Å²) in [5.74, 6) is 0. The Bertz CT molecular complexity index is 913. The Morgan fingerprint density at radius 3 is 1.46 bits per heavy atom. The number of nitrogens with zero attached hydrogens (tertiary/aromatic N) is 1. The molecule has 0 bridgehead atoms. The monoisotopic (exact) mass is 744 g/mol. The van der Waals surface area contributed by atoms with Gasteiger partial charge in [-0.2, -0.15) is 0 Å². The van der Waals surface area contributed by atoms with Gasteiger partial charge in [0.15, 0.2) is 16.6 Å². The summed E-state index contributed by atoms with van der Waals surface area (Å²) in [4.78, 5) is 0. The minimum Gasteiger partial charge on any atom is -1.00 e. The number of ether oxygens (including phenoxy) is 1. The maximum atomic E-state index is 6.67. The Labute approximate surface area is 310 Å². The number of hydrogen-bond acceptors (Lipinski definition) is 3. The van der Waals surface area contributed by atoms with Gasteiger partial charge < -0.3 is 29.9 Å². The first-order chi connectivity index (χ1) is 21.8. The lowest BCUT2D eigenvalue weighted by atomic mass is 9.93. The number of hydrogen-bond donors (Lipinski definition) is 0. The van der Waals surface area contributed by atoms with Crippen molar-refractivity contribution in [2.75, 3.05) is 33.9 Å². The summed E-state index contributed by atoms with van der Waals surface area (Å²) in [6.45, 7) is 26.7. The van der Waals surface area contributed by atoms with Crippen molar-refractivity contribution in [1.82, 2.24) is 0 Å². The first-order valence-corrected chi connectivity index (χ1v) is 29.1. The van der Waals surface area contributed by atoms with E-state index in [0.29, 0.717) is 0 Å². The van der Waals surface area contributed by atoms with Crippen molar-refractivity contribution in [2.45, 2.75) is 182 Å².